The zero-order valence-electron chi connectivity index (χ0n) is 13.0. The molecule has 2 aromatic rings. The van der Waals surface area contributed by atoms with Gasteiger partial charge < -0.3 is 10.6 Å². The Hall–Kier alpha value is -2.69. The standard InChI is InChI=1S/C19H17FN2O2/c20-13-5-6-17-15(9-13)16(10-18(23)22-17)19(24)21-14-7-11-3-1-2-4-12(11)8-14/h1-6,9,14,16H,7-8,10H2,(H,21,24)(H,22,23). The van der Waals surface area contributed by atoms with Crippen LogP contribution < -0.4 is 10.6 Å². The van der Waals surface area contributed by atoms with E-state index in [0.717, 1.165) is 12.8 Å². The van der Waals surface area contributed by atoms with Crippen LogP contribution in [0.5, 0.6) is 0 Å². The average Bonchev–Trinajstić information content (AvgIpc) is 2.96. The number of amides is 2. The molecule has 0 radical (unpaired) electrons. The normalized spacial score (nSPS) is 19.4. The monoisotopic (exact) mass is 324 g/mol. The number of benzene rings is 2. The number of halogens is 1. The van der Waals surface area contributed by atoms with Crippen LogP contribution in [-0.4, -0.2) is 17.9 Å². The van der Waals surface area contributed by atoms with Gasteiger partial charge in [-0.05, 0) is 47.7 Å². The molecule has 122 valence electrons. The Labute approximate surface area is 139 Å². The predicted octanol–water partition coefficient (Wildman–Crippen LogP) is 2.54. The number of carbonyl (C=O) groups excluding carboxylic acids is 2. The number of carbonyl (C=O) groups is 2. The first-order chi connectivity index (χ1) is 11.6. The van der Waals surface area contributed by atoms with E-state index in [1.807, 2.05) is 12.1 Å². The number of hydrogen-bond donors (Lipinski definition) is 2. The van der Waals surface area contributed by atoms with E-state index in [-0.39, 0.29) is 24.3 Å². The van der Waals surface area contributed by atoms with Gasteiger partial charge in [0.25, 0.3) is 0 Å². The van der Waals surface area contributed by atoms with E-state index >= 15 is 0 Å². The van der Waals surface area contributed by atoms with Crippen LogP contribution in [0, 0.1) is 5.82 Å². The minimum Gasteiger partial charge on any atom is -0.352 e. The average molecular weight is 324 g/mol. The number of hydrogen-bond acceptors (Lipinski definition) is 2. The lowest BCUT2D eigenvalue weighted by atomic mass is 9.89. The summed E-state index contributed by atoms with van der Waals surface area (Å²) in [6.07, 6.45) is 1.62. The highest BCUT2D eigenvalue weighted by molar-refractivity contribution is 6.01. The molecule has 1 aliphatic heterocycles. The molecular formula is C19H17FN2O2. The molecule has 5 heteroatoms. The Morgan fingerprint density at radius 1 is 1.08 bits per heavy atom. The Kier molecular flexibility index (Phi) is 3.56. The zero-order valence-corrected chi connectivity index (χ0v) is 13.0. The van der Waals surface area contributed by atoms with Crippen molar-refractivity contribution in [2.75, 3.05) is 5.32 Å². The van der Waals surface area contributed by atoms with Gasteiger partial charge in [0.05, 0.1) is 5.92 Å². The molecule has 0 spiro atoms. The molecule has 1 atom stereocenters. The molecule has 2 N–H and O–H groups in total. The first-order valence-electron chi connectivity index (χ1n) is 8.06. The zero-order chi connectivity index (χ0) is 16.7. The first-order valence-corrected chi connectivity index (χ1v) is 8.06. The molecule has 0 bridgehead atoms. The van der Waals surface area contributed by atoms with Gasteiger partial charge in [0.15, 0.2) is 0 Å². The summed E-state index contributed by atoms with van der Waals surface area (Å²) >= 11 is 0. The second-order valence-electron chi connectivity index (χ2n) is 6.42. The first kappa shape index (κ1) is 14.9. The van der Waals surface area contributed by atoms with Crippen LogP contribution >= 0.6 is 0 Å². The summed E-state index contributed by atoms with van der Waals surface area (Å²) in [5, 5.41) is 5.73. The summed E-state index contributed by atoms with van der Waals surface area (Å²) in [5.74, 6) is -1.48. The second kappa shape index (κ2) is 5.74. The fourth-order valence-corrected chi connectivity index (χ4v) is 3.63. The number of nitrogens with one attached hydrogen (secondary N) is 2. The van der Waals surface area contributed by atoms with Gasteiger partial charge in [0.1, 0.15) is 5.82 Å². The second-order valence-corrected chi connectivity index (χ2v) is 6.42. The molecule has 24 heavy (non-hydrogen) atoms. The fraction of sp³-hybridized carbons (Fsp3) is 0.263. The number of rotatable bonds is 2. The Balaban J connectivity index is 1.53. The number of fused-ring (bicyclic) bond motifs is 2. The fourth-order valence-electron chi connectivity index (χ4n) is 3.63. The van der Waals surface area contributed by atoms with Gasteiger partial charge in [-0.1, -0.05) is 24.3 Å². The lowest BCUT2D eigenvalue weighted by molar-refractivity contribution is -0.126. The van der Waals surface area contributed by atoms with Crippen molar-refractivity contribution >= 4 is 17.5 Å². The maximum atomic E-state index is 13.6. The van der Waals surface area contributed by atoms with E-state index in [9.17, 15) is 14.0 Å². The van der Waals surface area contributed by atoms with Crippen molar-refractivity contribution in [3.63, 3.8) is 0 Å². The molecule has 2 aromatic carbocycles. The lowest BCUT2D eigenvalue weighted by Gasteiger charge is -2.26. The van der Waals surface area contributed by atoms with Crippen LogP contribution in [0.3, 0.4) is 0 Å². The van der Waals surface area contributed by atoms with E-state index in [2.05, 4.69) is 22.8 Å². The van der Waals surface area contributed by atoms with E-state index in [1.165, 1.54) is 29.3 Å². The molecule has 1 aliphatic carbocycles. The smallest absolute Gasteiger partial charge is 0.228 e. The Morgan fingerprint density at radius 3 is 2.50 bits per heavy atom. The largest absolute Gasteiger partial charge is 0.352 e. The SMILES string of the molecule is O=C1CC(C(=O)NC2Cc3ccccc3C2)c2cc(F)ccc2N1. The lowest BCUT2D eigenvalue weighted by Crippen LogP contribution is -2.41. The van der Waals surface area contributed by atoms with Gasteiger partial charge in [-0.3, -0.25) is 9.59 Å². The molecular weight excluding hydrogens is 307 g/mol. The summed E-state index contributed by atoms with van der Waals surface area (Å²) in [6.45, 7) is 0. The van der Waals surface area contributed by atoms with Crippen molar-refractivity contribution in [3.8, 4) is 0 Å². The summed E-state index contributed by atoms with van der Waals surface area (Å²) in [4.78, 5) is 24.6. The van der Waals surface area contributed by atoms with Crippen molar-refractivity contribution < 1.29 is 14.0 Å². The molecule has 0 fully saturated rings. The van der Waals surface area contributed by atoms with Gasteiger partial charge in [-0.15, -0.1) is 0 Å². The van der Waals surface area contributed by atoms with Crippen molar-refractivity contribution in [2.24, 2.45) is 0 Å². The van der Waals surface area contributed by atoms with Gasteiger partial charge in [-0.25, -0.2) is 4.39 Å². The topological polar surface area (TPSA) is 58.2 Å². The maximum absolute atomic E-state index is 13.6. The quantitative estimate of drug-likeness (QED) is 0.892. The minimum absolute atomic E-state index is 0.0249. The predicted molar refractivity (Wildman–Crippen MR) is 88.2 cm³/mol. The summed E-state index contributed by atoms with van der Waals surface area (Å²) in [5.41, 5.74) is 3.55. The highest BCUT2D eigenvalue weighted by Crippen LogP contribution is 2.33. The van der Waals surface area contributed by atoms with Crippen molar-refractivity contribution in [3.05, 3.63) is 65.0 Å². The van der Waals surface area contributed by atoms with Crippen LogP contribution in [0.1, 0.15) is 29.0 Å². The Bertz CT molecular complexity index is 809. The van der Waals surface area contributed by atoms with Gasteiger partial charge in [-0.2, -0.15) is 0 Å². The molecule has 0 saturated carbocycles. The maximum Gasteiger partial charge on any atom is 0.228 e. The minimum atomic E-state index is -0.645. The van der Waals surface area contributed by atoms with Crippen LogP contribution in [0.25, 0.3) is 0 Å². The highest BCUT2D eigenvalue weighted by atomic mass is 19.1. The van der Waals surface area contributed by atoms with Crippen LogP contribution in [0.15, 0.2) is 42.5 Å². The van der Waals surface area contributed by atoms with Crippen molar-refractivity contribution in [2.45, 2.75) is 31.2 Å². The number of anilines is 1. The third kappa shape index (κ3) is 2.66. The highest BCUT2D eigenvalue weighted by Gasteiger charge is 2.33. The van der Waals surface area contributed by atoms with Crippen LogP contribution in [-0.2, 0) is 22.4 Å². The summed E-state index contributed by atoms with van der Waals surface area (Å²) in [6, 6.07) is 12.3. The van der Waals surface area contributed by atoms with Crippen LogP contribution in [0.2, 0.25) is 0 Å². The van der Waals surface area contributed by atoms with Crippen molar-refractivity contribution in [1.82, 2.24) is 5.32 Å². The molecule has 4 nitrogen and oxygen atoms in total. The van der Waals surface area contributed by atoms with Crippen LogP contribution in [0.4, 0.5) is 10.1 Å². The van der Waals surface area contributed by atoms with Gasteiger partial charge >= 0.3 is 0 Å². The Morgan fingerprint density at radius 2 is 1.79 bits per heavy atom. The molecule has 0 aromatic heterocycles. The molecule has 1 unspecified atom stereocenters. The molecule has 1 heterocycles. The van der Waals surface area contributed by atoms with E-state index in [1.54, 1.807) is 0 Å². The molecule has 2 amide bonds. The van der Waals surface area contributed by atoms with Gasteiger partial charge in [0, 0.05) is 18.2 Å². The van der Waals surface area contributed by atoms with E-state index < -0.39 is 11.7 Å². The third-order valence-corrected chi connectivity index (χ3v) is 4.77. The summed E-state index contributed by atoms with van der Waals surface area (Å²) in [7, 11) is 0. The molecule has 4 rings (SSSR count). The molecule has 2 aliphatic rings. The third-order valence-electron chi connectivity index (χ3n) is 4.77. The molecule has 0 saturated heterocycles. The summed E-state index contributed by atoms with van der Waals surface area (Å²) < 4.78 is 13.6. The van der Waals surface area contributed by atoms with E-state index in [4.69, 9.17) is 0 Å². The van der Waals surface area contributed by atoms with Crippen molar-refractivity contribution in [1.29, 1.82) is 0 Å². The van der Waals surface area contributed by atoms with Gasteiger partial charge in [0.2, 0.25) is 11.8 Å². The van der Waals surface area contributed by atoms with E-state index in [0.29, 0.717) is 11.3 Å².